The number of ether oxygens (including phenoxy) is 1. The Kier molecular flexibility index (Phi) is 5.10. The van der Waals surface area contributed by atoms with Gasteiger partial charge in [0.15, 0.2) is 0 Å². The fraction of sp³-hybridized carbons (Fsp3) is 0.188. The van der Waals surface area contributed by atoms with Crippen LogP contribution in [0, 0.1) is 0 Å². The smallest absolute Gasteiger partial charge is 0.311 e. The first-order valence-electron chi connectivity index (χ1n) is 6.32. The van der Waals surface area contributed by atoms with Crippen LogP contribution in [0.25, 0.3) is 0 Å². The fourth-order valence-corrected chi connectivity index (χ4v) is 2.51. The van der Waals surface area contributed by atoms with Gasteiger partial charge < -0.3 is 9.84 Å². The number of carbonyl (C=O) groups is 1. The summed E-state index contributed by atoms with van der Waals surface area (Å²) in [6.45, 7) is 0. The quantitative estimate of drug-likeness (QED) is 0.885. The predicted molar refractivity (Wildman–Crippen MR) is 83.5 cm³/mol. The number of benzene rings is 2. The maximum Gasteiger partial charge on any atom is 0.311 e. The van der Waals surface area contributed by atoms with E-state index >= 15 is 0 Å². The molecular formula is C16H14Cl2O3. The lowest BCUT2D eigenvalue weighted by Gasteiger charge is -2.16. The van der Waals surface area contributed by atoms with Crippen LogP contribution in [0.2, 0.25) is 10.0 Å². The van der Waals surface area contributed by atoms with Crippen molar-refractivity contribution < 1.29 is 14.6 Å². The molecule has 0 aliphatic carbocycles. The molecule has 0 fully saturated rings. The molecule has 0 amide bonds. The van der Waals surface area contributed by atoms with Crippen molar-refractivity contribution in [2.75, 3.05) is 7.11 Å². The number of halogens is 2. The van der Waals surface area contributed by atoms with E-state index in [4.69, 9.17) is 27.9 Å². The summed E-state index contributed by atoms with van der Waals surface area (Å²) in [5.41, 5.74) is 1.45. The summed E-state index contributed by atoms with van der Waals surface area (Å²) in [5, 5.41) is 10.4. The van der Waals surface area contributed by atoms with Crippen molar-refractivity contribution in [1.82, 2.24) is 0 Å². The highest BCUT2D eigenvalue weighted by Gasteiger charge is 2.23. The molecule has 2 aromatic carbocycles. The van der Waals surface area contributed by atoms with E-state index < -0.39 is 11.9 Å². The summed E-state index contributed by atoms with van der Waals surface area (Å²) in [7, 11) is 1.52. The van der Waals surface area contributed by atoms with Crippen LogP contribution in [0.15, 0.2) is 42.5 Å². The van der Waals surface area contributed by atoms with Crippen LogP contribution in [-0.2, 0) is 11.2 Å². The molecule has 1 atom stereocenters. The average Bonchev–Trinajstić information content (AvgIpc) is 2.48. The molecule has 0 saturated heterocycles. The topological polar surface area (TPSA) is 46.5 Å². The second kappa shape index (κ2) is 6.83. The number of carboxylic acid groups (broad SMARTS) is 1. The lowest BCUT2D eigenvalue weighted by atomic mass is 9.91. The molecule has 0 spiro atoms. The summed E-state index contributed by atoms with van der Waals surface area (Å²) in [6.07, 6.45) is 0.312. The lowest BCUT2D eigenvalue weighted by molar-refractivity contribution is -0.138. The van der Waals surface area contributed by atoms with Crippen LogP contribution >= 0.6 is 23.2 Å². The van der Waals surface area contributed by atoms with E-state index in [1.807, 2.05) is 0 Å². The molecule has 0 radical (unpaired) electrons. The van der Waals surface area contributed by atoms with E-state index in [1.54, 1.807) is 42.5 Å². The summed E-state index contributed by atoms with van der Waals surface area (Å²) < 4.78 is 5.25. The Labute approximate surface area is 133 Å². The third kappa shape index (κ3) is 3.69. The van der Waals surface area contributed by atoms with Gasteiger partial charge in [-0.3, -0.25) is 4.79 Å². The number of hydrogen-bond donors (Lipinski definition) is 1. The van der Waals surface area contributed by atoms with Crippen molar-refractivity contribution >= 4 is 29.2 Å². The van der Waals surface area contributed by atoms with Crippen LogP contribution in [0.4, 0.5) is 0 Å². The normalized spacial score (nSPS) is 12.0. The largest absolute Gasteiger partial charge is 0.496 e. The number of aliphatic carboxylic acids is 1. The van der Waals surface area contributed by atoms with Crippen LogP contribution in [0.5, 0.6) is 5.75 Å². The summed E-state index contributed by atoms with van der Waals surface area (Å²) in [5.74, 6) is -1.06. The molecule has 2 aromatic rings. The first-order valence-corrected chi connectivity index (χ1v) is 7.08. The highest BCUT2D eigenvalue weighted by molar-refractivity contribution is 6.42. The zero-order valence-electron chi connectivity index (χ0n) is 11.3. The molecule has 0 saturated carbocycles. The van der Waals surface area contributed by atoms with E-state index in [0.29, 0.717) is 27.8 Å². The molecule has 21 heavy (non-hydrogen) atoms. The molecule has 0 heterocycles. The Morgan fingerprint density at radius 2 is 1.90 bits per heavy atom. The van der Waals surface area contributed by atoms with Crippen molar-refractivity contribution in [3.63, 3.8) is 0 Å². The molecule has 1 N–H and O–H groups in total. The lowest BCUT2D eigenvalue weighted by Crippen LogP contribution is -2.15. The van der Waals surface area contributed by atoms with E-state index in [-0.39, 0.29) is 0 Å². The van der Waals surface area contributed by atoms with Gasteiger partial charge in [0.1, 0.15) is 5.75 Å². The van der Waals surface area contributed by atoms with Crippen LogP contribution < -0.4 is 4.74 Å². The first-order chi connectivity index (χ1) is 10.0. The van der Waals surface area contributed by atoms with Gasteiger partial charge in [0.25, 0.3) is 0 Å². The van der Waals surface area contributed by atoms with Crippen LogP contribution in [0.1, 0.15) is 17.0 Å². The van der Waals surface area contributed by atoms with E-state index in [1.165, 1.54) is 7.11 Å². The highest BCUT2D eigenvalue weighted by atomic mass is 35.5. The summed E-state index contributed by atoms with van der Waals surface area (Å²) in [6, 6.07) is 12.2. The molecule has 0 aliphatic rings. The second-order valence-corrected chi connectivity index (χ2v) is 5.40. The van der Waals surface area contributed by atoms with Gasteiger partial charge in [-0.15, -0.1) is 0 Å². The Hall–Kier alpha value is -1.71. The van der Waals surface area contributed by atoms with Gasteiger partial charge in [-0.1, -0.05) is 47.5 Å². The Balaban J connectivity index is 2.35. The van der Waals surface area contributed by atoms with Gasteiger partial charge in [0.2, 0.25) is 0 Å². The van der Waals surface area contributed by atoms with Crippen molar-refractivity contribution in [2.45, 2.75) is 12.3 Å². The summed E-state index contributed by atoms with van der Waals surface area (Å²) in [4.78, 5) is 11.6. The SMILES string of the molecule is COc1ccccc1C(Cc1ccc(Cl)c(Cl)c1)C(=O)O. The molecule has 5 heteroatoms. The minimum Gasteiger partial charge on any atom is -0.496 e. The van der Waals surface area contributed by atoms with Gasteiger partial charge >= 0.3 is 5.97 Å². The summed E-state index contributed by atoms with van der Waals surface area (Å²) >= 11 is 11.9. The standard InChI is InChI=1S/C16H14Cl2O3/c1-21-15-5-3-2-4-11(15)12(16(19)20)8-10-6-7-13(17)14(18)9-10/h2-7,9,12H,8H2,1H3,(H,19,20). The molecule has 0 aliphatic heterocycles. The maximum absolute atomic E-state index is 11.6. The molecule has 1 unspecified atom stereocenters. The monoisotopic (exact) mass is 324 g/mol. The number of methoxy groups -OCH3 is 1. The van der Waals surface area contributed by atoms with Gasteiger partial charge in [-0.05, 0) is 30.2 Å². The molecule has 0 aromatic heterocycles. The zero-order valence-corrected chi connectivity index (χ0v) is 12.9. The van der Waals surface area contributed by atoms with Gasteiger partial charge in [0, 0.05) is 5.56 Å². The third-order valence-electron chi connectivity index (χ3n) is 3.24. The Morgan fingerprint density at radius 1 is 1.19 bits per heavy atom. The fourth-order valence-electron chi connectivity index (χ4n) is 2.19. The average molecular weight is 325 g/mol. The molecule has 3 nitrogen and oxygen atoms in total. The Morgan fingerprint density at radius 3 is 2.52 bits per heavy atom. The second-order valence-electron chi connectivity index (χ2n) is 4.59. The van der Waals surface area contributed by atoms with E-state index in [9.17, 15) is 9.90 Å². The van der Waals surface area contributed by atoms with Crippen molar-refractivity contribution in [3.05, 3.63) is 63.6 Å². The van der Waals surface area contributed by atoms with Crippen molar-refractivity contribution in [2.24, 2.45) is 0 Å². The number of hydrogen-bond acceptors (Lipinski definition) is 2. The molecular weight excluding hydrogens is 311 g/mol. The van der Waals surface area contributed by atoms with E-state index in [2.05, 4.69) is 0 Å². The first kappa shape index (κ1) is 15.7. The van der Waals surface area contributed by atoms with Gasteiger partial charge in [-0.25, -0.2) is 0 Å². The molecule has 2 rings (SSSR count). The molecule has 0 bridgehead atoms. The predicted octanol–water partition coefficient (Wildman–Crippen LogP) is 4.41. The van der Waals surface area contributed by atoms with E-state index in [0.717, 1.165) is 5.56 Å². The number of rotatable bonds is 5. The van der Waals surface area contributed by atoms with Crippen molar-refractivity contribution in [3.8, 4) is 5.75 Å². The highest BCUT2D eigenvalue weighted by Crippen LogP contribution is 2.31. The third-order valence-corrected chi connectivity index (χ3v) is 3.98. The minimum absolute atomic E-state index is 0.312. The van der Waals surface area contributed by atoms with Crippen LogP contribution in [-0.4, -0.2) is 18.2 Å². The Bertz CT molecular complexity index is 656. The van der Waals surface area contributed by atoms with Crippen molar-refractivity contribution in [1.29, 1.82) is 0 Å². The van der Waals surface area contributed by atoms with Gasteiger partial charge in [0.05, 0.1) is 23.1 Å². The number of para-hydroxylation sites is 1. The minimum atomic E-state index is -0.912. The maximum atomic E-state index is 11.6. The molecule has 110 valence electrons. The zero-order chi connectivity index (χ0) is 15.4. The number of carboxylic acids is 1. The van der Waals surface area contributed by atoms with Gasteiger partial charge in [-0.2, -0.15) is 0 Å². The van der Waals surface area contributed by atoms with Crippen LogP contribution in [0.3, 0.4) is 0 Å².